The molecule has 2 unspecified atom stereocenters. The second kappa shape index (κ2) is 6.59. The van der Waals surface area contributed by atoms with Crippen molar-refractivity contribution < 1.29 is 4.74 Å². The Morgan fingerprint density at radius 1 is 1.35 bits per heavy atom. The van der Waals surface area contributed by atoms with Crippen molar-refractivity contribution in [2.45, 2.75) is 50.7 Å². The van der Waals surface area contributed by atoms with Crippen LogP contribution in [0.4, 0.5) is 0 Å². The van der Waals surface area contributed by atoms with Crippen molar-refractivity contribution in [2.75, 3.05) is 13.2 Å². The fourth-order valence-electron chi connectivity index (χ4n) is 3.51. The smallest absolute Gasteiger partial charge is 0.0613 e. The van der Waals surface area contributed by atoms with E-state index in [0.717, 1.165) is 31.4 Å². The summed E-state index contributed by atoms with van der Waals surface area (Å²) in [5.74, 6) is 1.47. The van der Waals surface area contributed by atoms with Crippen molar-refractivity contribution >= 4 is 15.9 Å². The van der Waals surface area contributed by atoms with Gasteiger partial charge in [0.15, 0.2) is 0 Å². The third-order valence-corrected chi connectivity index (χ3v) is 5.37. The number of benzene rings is 1. The summed E-state index contributed by atoms with van der Waals surface area (Å²) >= 11 is 3.56. The standard InChI is InChI=1S/C17H24BrNO/c1-2-17-13(6-7-20-17)11-19-16-9-14(10-16)12-4-3-5-15(18)8-12/h3-5,8,13-14,16-17,19H,2,6-7,9-11H2,1H3. The van der Waals surface area contributed by atoms with E-state index in [0.29, 0.717) is 12.1 Å². The number of hydrogen-bond donors (Lipinski definition) is 1. The fraction of sp³-hybridized carbons (Fsp3) is 0.647. The van der Waals surface area contributed by atoms with E-state index in [2.05, 4.69) is 52.4 Å². The van der Waals surface area contributed by atoms with Crippen molar-refractivity contribution in [1.82, 2.24) is 5.32 Å². The number of hydrogen-bond acceptors (Lipinski definition) is 2. The van der Waals surface area contributed by atoms with Crippen LogP contribution in [0.3, 0.4) is 0 Å². The second-order valence-corrected chi connectivity index (χ2v) is 7.11. The first-order valence-electron chi connectivity index (χ1n) is 7.86. The van der Waals surface area contributed by atoms with Crippen molar-refractivity contribution in [3.05, 3.63) is 34.3 Å². The van der Waals surface area contributed by atoms with E-state index in [-0.39, 0.29) is 0 Å². The van der Waals surface area contributed by atoms with E-state index in [1.807, 2.05) is 0 Å². The minimum Gasteiger partial charge on any atom is -0.378 e. The average molecular weight is 338 g/mol. The number of rotatable bonds is 5. The van der Waals surface area contributed by atoms with Crippen LogP contribution in [0.5, 0.6) is 0 Å². The zero-order valence-corrected chi connectivity index (χ0v) is 13.7. The summed E-state index contributed by atoms with van der Waals surface area (Å²) in [4.78, 5) is 0. The molecule has 2 aliphatic rings. The third-order valence-electron chi connectivity index (χ3n) is 4.88. The van der Waals surface area contributed by atoms with Gasteiger partial charge in [0.05, 0.1) is 6.10 Å². The fourth-order valence-corrected chi connectivity index (χ4v) is 3.93. The van der Waals surface area contributed by atoms with E-state index >= 15 is 0 Å². The van der Waals surface area contributed by atoms with Crippen molar-refractivity contribution in [2.24, 2.45) is 5.92 Å². The maximum atomic E-state index is 5.76. The van der Waals surface area contributed by atoms with Crippen LogP contribution in [0.15, 0.2) is 28.7 Å². The lowest BCUT2D eigenvalue weighted by Gasteiger charge is -2.37. The summed E-state index contributed by atoms with van der Waals surface area (Å²) in [5, 5.41) is 3.75. The molecular weight excluding hydrogens is 314 g/mol. The van der Waals surface area contributed by atoms with Crippen LogP contribution < -0.4 is 5.32 Å². The van der Waals surface area contributed by atoms with Crippen LogP contribution in [0, 0.1) is 5.92 Å². The van der Waals surface area contributed by atoms with Gasteiger partial charge in [-0.15, -0.1) is 0 Å². The molecule has 0 spiro atoms. The van der Waals surface area contributed by atoms with Gasteiger partial charge in [0.2, 0.25) is 0 Å². The minimum atomic E-state index is 0.489. The van der Waals surface area contributed by atoms with Crippen LogP contribution in [0.2, 0.25) is 0 Å². The Kier molecular flexibility index (Phi) is 4.79. The average Bonchev–Trinajstić information content (AvgIpc) is 2.84. The highest BCUT2D eigenvalue weighted by atomic mass is 79.9. The topological polar surface area (TPSA) is 21.3 Å². The molecule has 1 heterocycles. The van der Waals surface area contributed by atoms with E-state index in [1.54, 1.807) is 0 Å². The highest BCUT2D eigenvalue weighted by molar-refractivity contribution is 9.10. The molecule has 0 amide bonds. The molecule has 3 rings (SSSR count). The van der Waals surface area contributed by atoms with Gasteiger partial charge in [-0.3, -0.25) is 0 Å². The number of ether oxygens (including phenoxy) is 1. The van der Waals surface area contributed by atoms with Gasteiger partial charge in [0.1, 0.15) is 0 Å². The maximum Gasteiger partial charge on any atom is 0.0613 e. The molecule has 1 aromatic rings. The van der Waals surface area contributed by atoms with Gasteiger partial charge in [0.25, 0.3) is 0 Å². The summed E-state index contributed by atoms with van der Waals surface area (Å²) in [6.07, 6.45) is 5.43. The summed E-state index contributed by atoms with van der Waals surface area (Å²) in [7, 11) is 0. The number of halogens is 1. The summed E-state index contributed by atoms with van der Waals surface area (Å²) < 4.78 is 6.95. The normalized spacial score (nSPS) is 33.1. The van der Waals surface area contributed by atoms with Gasteiger partial charge in [-0.1, -0.05) is 35.0 Å². The molecule has 20 heavy (non-hydrogen) atoms. The van der Waals surface area contributed by atoms with Gasteiger partial charge in [-0.05, 0) is 55.2 Å². The Balaban J connectivity index is 1.42. The van der Waals surface area contributed by atoms with Crippen molar-refractivity contribution in [3.63, 3.8) is 0 Å². The molecule has 1 aliphatic heterocycles. The largest absolute Gasteiger partial charge is 0.378 e. The van der Waals surface area contributed by atoms with E-state index < -0.39 is 0 Å². The van der Waals surface area contributed by atoms with Gasteiger partial charge >= 0.3 is 0 Å². The van der Waals surface area contributed by atoms with Crippen LogP contribution in [-0.4, -0.2) is 25.3 Å². The maximum absolute atomic E-state index is 5.76. The molecule has 0 aromatic heterocycles. The first-order chi connectivity index (χ1) is 9.76. The van der Waals surface area contributed by atoms with Crippen LogP contribution >= 0.6 is 15.9 Å². The Hall–Kier alpha value is -0.380. The second-order valence-electron chi connectivity index (χ2n) is 6.19. The predicted octanol–water partition coefficient (Wildman–Crippen LogP) is 4.10. The molecule has 1 aromatic carbocycles. The first kappa shape index (κ1) is 14.6. The summed E-state index contributed by atoms with van der Waals surface area (Å²) in [5.41, 5.74) is 1.48. The van der Waals surface area contributed by atoms with Gasteiger partial charge in [-0.25, -0.2) is 0 Å². The Morgan fingerprint density at radius 3 is 2.95 bits per heavy atom. The summed E-state index contributed by atoms with van der Waals surface area (Å²) in [6.45, 7) is 4.32. The van der Waals surface area contributed by atoms with Crippen molar-refractivity contribution in [3.8, 4) is 0 Å². The SMILES string of the molecule is CCC1OCCC1CNC1CC(c2cccc(Br)c2)C1. The van der Waals surface area contributed by atoms with E-state index in [1.165, 1.54) is 29.3 Å². The van der Waals surface area contributed by atoms with Crippen LogP contribution in [-0.2, 0) is 4.74 Å². The highest BCUT2D eigenvalue weighted by Crippen LogP contribution is 2.38. The quantitative estimate of drug-likeness (QED) is 0.873. The molecule has 1 aliphatic carbocycles. The van der Waals surface area contributed by atoms with Gasteiger partial charge in [0, 0.05) is 23.7 Å². The third kappa shape index (κ3) is 3.26. The molecule has 1 saturated heterocycles. The molecule has 3 heteroatoms. The van der Waals surface area contributed by atoms with Crippen molar-refractivity contribution in [1.29, 1.82) is 0 Å². The predicted molar refractivity (Wildman–Crippen MR) is 86.0 cm³/mol. The number of nitrogens with one attached hydrogen (secondary N) is 1. The Bertz CT molecular complexity index is 444. The van der Waals surface area contributed by atoms with E-state index in [9.17, 15) is 0 Å². The lowest BCUT2D eigenvalue weighted by atomic mass is 9.75. The first-order valence-corrected chi connectivity index (χ1v) is 8.66. The lowest BCUT2D eigenvalue weighted by molar-refractivity contribution is 0.0853. The molecule has 0 bridgehead atoms. The Labute approximate surface area is 130 Å². The molecule has 1 saturated carbocycles. The van der Waals surface area contributed by atoms with Gasteiger partial charge in [-0.2, -0.15) is 0 Å². The van der Waals surface area contributed by atoms with Crippen LogP contribution in [0.1, 0.15) is 44.1 Å². The molecule has 2 fully saturated rings. The lowest BCUT2D eigenvalue weighted by Crippen LogP contribution is -2.43. The molecule has 1 N–H and O–H groups in total. The highest BCUT2D eigenvalue weighted by Gasteiger charge is 2.32. The molecule has 2 atom stereocenters. The monoisotopic (exact) mass is 337 g/mol. The molecular formula is C17H24BrNO. The van der Waals surface area contributed by atoms with Gasteiger partial charge < -0.3 is 10.1 Å². The van der Waals surface area contributed by atoms with E-state index in [4.69, 9.17) is 4.74 Å². The Morgan fingerprint density at radius 2 is 2.20 bits per heavy atom. The minimum absolute atomic E-state index is 0.489. The van der Waals surface area contributed by atoms with Crippen LogP contribution in [0.25, 0.3) is 0 Å². The zero-order chi connectivity index (χ0) is 13.9. The summed E-state index contributed by atoms with van der Waals surface area (Å²) in [6, 6.07) is 9.46. The molecule has 110 valence electrons. The zero-order valence-electron chi connectivity index (χ0n) is 12.1. The molecule has 0 radical (unpaired) electrons. The molecule has 2 nitrogen and oxygen atoms in total.